The molecule has 0 rings (SSSR count). The van der Waals surface area contributed by atoms with Gasteiger partial charge in [-0.25, -0.2) is 4.79 Å². The number of carboxylic acid groups (broad SMARTS) is 1. The summed E-state index contributed by atoms with van der Waals surface area (Å²) in [5, 5.41) is 24.4. The average molecular weight is 152 g/mol. The maximum Gasteiger partial charge on any atom is 0.338 e. The summed E-state index contributed by atoms with van der Waals surface area (Å²) >= 11 is 0. The Morgan fingerprint density at radius 2 is 1.73 bits per heavy atom. The summed E-state index contributed by atoms with van der Waals surface area (Å²) in [6, 6.07) is 2.73. The van der Waals surface area contributed by atoms with Gasteiger partial charge in [-0.15, -0.1) is 13.2 Å². The van der Waals surface area contributed by atoms with Crippen molar-refractivity contribution in [3.05, 3.63) is 13.2 Å². The third-order valence-corrected chi connectivity index (χ3v) is 0.875. The largest absolute Gasteiger partial charge is 0.479 e. The first-order valence-electron chi connectivity index (χ1n) is 2.62. The van der Waals surface area contributed by atoms with Crippen LogP contribution in [-0.4, -0.2) is 11.1 Å². The first kappa shape index (κ1) is 11.9. The molecule has 0 heterocycles. The standard InChI is InChI=1S/C5H4N2O2.C2H4/c1-5(2-6,3-7)4(8)9;1-2/h1H3,(H,8,9);1-2H2. The SMILES string of the molecule is C=C.CC(C#N)(C#N)C(=O)O. The van der Waals surface area contributed by atoms with Gasteiger partial charge >= 0.3 is 5.97 Å². The van der Waals surface area contributed by atoms with E-state index in [1.807, 2.05) is 0 Å². The Hall–Kier alpha value is -1.81. The molecule has 0 saturated carbocycles. The number of carbonyl (C=O) groups is 1. The lowest BCUT2D eigenvalue weighted by molar-refractivity contribution is -0.142. The van der Waals surface area contributed by atoms with Crippen molar-refractivity contribution in [1.29, 1.82) is 10.5 Å². The third-order valence-electron chi connectivity index (χ3n) is 0.875. The van der Waals surface area contributed by atoms with Gasteiger partial charge in [-0.3, -0.25) is 0 Å². The molecular formula is C7H8N2O2. The maximum absolute atomic E-state index is 10.0. The molecule has 0 aliphatic carbocycles. The highest BCUT2D eigenvalue weighted by atomic mass is 16.4. The summed E-state index contributed by atoms with van der Waals surface area (Å²) in [5.41, 5.74) is -1.89. The molecule has 0 amide bonds. The van der Waals surface area contributed by atoms with Crippen molar-refractivity contribution in [3.8, 4) is 12.1 Å². The summed E-state index contributed by atoms with van der Waals surface area (Å²) < 4.78 is 0. The second-order valence-corrected chi connectivity index (χ2v) is 1.65. The monoisotopic (exact) mass is 152 g/mol. The lowest BCUT2D eigenvalue weighted by Crippen LogP contribution is -2.22. The zero-order valence-corrected chi connectivity index (χ0v) is 6.16. The Kier molecular flexibility index (Phi) is 5.43. The van der Waals surface area contributed by atoms with E-state index in [1.165, 1.54) is 12.1 Å². The number of aliphatic carboxylic acids is 1. The van der Waals surface area contributed by atoms with Crippen LogP contribution < -0.4 is 0 Å². The van der Waals surface area contributed by atoms with Gasteiger partial charge in [-0.2, -0.15) is 10.5 Å². The first-order valence-corrected chi connectivity index (χ1v) is 2.62. The van der Waals surface area contributed by atoms with Gasteiger partial charge in [0.15, 0.2) is 0 Å². The second-order valence-electron chi connectivity index (χ2n) is 1.65. The molecule has 58 valence electrons. The van der Waals surface area contributed by atoms with Gasteiger partial charge in [0.05, 0.1) is 12.1 Å². The molecule has 0 aliphatic heterocycles. The second kappa shape index (κ2) is 5.01. The van der Waals surface area contributed by atoms with E-state index in [2.05, 4.69) is 13.2 Å². The van der Waals surface area contributed by atoms with Gasteiger partial charge in [0, 0.05) is 0 Å². The van der Waals surface area contributed by atoms with Gasteiger partial charge in [0.25, 0.3) is 0 Å². The van der Waals surface area contributed by atoms with Crippen LogP contribution in [0.3, 0.4) is 0 Å². The Morgan fingerprint density at radius 1 is 1.45 bits per heavy atom. The molecule has 11 heavy (non-hydrogen) atoms. The van der Waals surface area contributed by atoms with Gasteiger partial charge in [0.1, 0.15) is 0 Å². The fourth-order valence-corrected chi connectivity index (χ4v) is 0.121. The van der Waals surface area contributed by atoms with E-state index in [0.29, 0.717) is 0 Å². The molecule has 0 unspecified atom stereocenters. The van der Waals surface area contributed by atoms with E-state index < -0.39 is 11.4 Å². The molecule has 0 saturated heterocycles. The number of nitriles is 2. The fourth-order valence-electron chi connectivity index (χ4n) is 0.121. The smallest absolute Gasteiger partial charge is 0.338 e. The van der Waals surface area contributed by atoms with E-state index in [1.54, 1.807) is 0 Å². The predicted molar refractivity (Wildman–Crippen MR) is 38.2 cm³/mol. The topological polar surface area (TPSA) is 84.9 Å². The number of hydrogen-bond donors (Lipinski definition) is 1. The molecule has 4 heteroatoms. The number of hydrogen-bond acceptors (Lipinski definition) is 3. The van der Waals surface area contributed by atoms with Crippen molar-refractivity contribution in [3.63, 3.8) is 0 Å². The summed E-state index contributed by atoms with van der Waals surface area (Å²) in [6.45, 7) is 7.05. The molecule has 0 fully saturated rings. The van der Waals surface area contributed by atoms with Crippen LogP contribution in [0.5, 0.6) is 0 Å². The van der Waals surface area contributed by atoms with Crippen LogP contribution in [0.4, 0.5) is 0 Å². The van der Waals surface area contributed by atoms with Gasteiger partial charge < -0.3 is 5.11 Å². The number of nitrogens with zero attached hydrogens (tertiary/aromatic N) is 2. The van der Waals surface area contributed by atoms with Crippen molar-refractivity contribution in [2.24, 2.45) is 5.41 Å². The quantitative estimate of drug-likeness (QED) is 0.566. The maximum atomic E-state index is 10.0. The van der Waals surface area contributed by atoms with E-state index >= 15 is 0 Å². The number of rotatable bonds is 1. The molecule has 0 aliphatic rings. The van der Waals surface area contributed by atoms with Crippen LogP contribution in [0.25, 0.3) is 0 Å². The highest BCUT2D eigenvalue weighted by Crippen LogP contribution is 2.11. The normalized spacial score (nSPS) is 7.91. The number of carboxylic acids is 1. The van der Waals surface area contributed by atoms with Gasteiger partial charge in [0.2, 0.25) is 5.41 Å². The van der Waals surface area contributed by atoms with E-state index in [-0.39, 0.29) is 0 Å². The van der Waals surface area contributed by atoms with Crippen molar-refractivity contribution in [2.45, 2.75) is 6.92 Å². The summed E-state index contributed by atoms with van der Waals surface area (Å²) in [5.74, 6) is -1.41. The molecule has 0 bridgehead atoms. The van der Waals surface area contributed by atoms with Crippen LogP contribution in [0.15, 0.2) is 13.2 Å². The molecule has 0 atom stereocenters. The summed E-state index contributed by atoms with van der Waals surface area (Å²) in [4.78, 5) is 10.0. The van der Waals surface area contributed by atoms with Crippen LogP contribution in [0.2, 0.25) is 0 Å². The minimum Gasteiger partial charge on any atom is -0.479 e. The Morgan fingerprint density at radius 3 is 1.73 bits per heavy atom. The van der Waals surface area contributed by atoms with Crippen molar-refractivity contribution >= 4 is 5.97 Å². The van der Waals surface area contributed by atoms with Gasteiger partial charge in [-0.05, 0) is 6.92 Å². The zero-order chi connectivity index (χ0) is 9.49. The minimum absolute atomic E-state index is 1.05. The Bertz CT molecular complexity index is 208. The van der Waals surface area contributed by atoms with E-state index in [0.717, 1.165) is 6.92 Å². The van der Waals surface area contributed by atoms with Crippen LogP contribution in [0.1, 0.15) is 6.92 Å². The van der Waals surface area contributed by atoms with E-state index in [9.17, 15) is 4.79 Å². The predicted octanol–water partition coefficient (Wildman–Crippen LogP) is 0.927. The van der Waals surface area contributed by atoms with E-state index in [4.69, 9.17) is 15.6 Å². The summed E-state index contributed by atoms with van der Waals surface area (Å²) in [7, 11) is 0. The molecule has 0 aromatic heterocycles. The third kappa shape index (κ3) is 3.02. The lowest BCUT2D eigenvalue weighted by Gasteiger charge is -2.01. The molecule has 0 radical (unpaired) electrons. The molecule has 0 aromatic carbocycles. The fraction of sp³-hybridized carbons (Fsp3) is 0.286. The molecule has 4 nitrogen and oxygen atoms in total. The Balaban J connectivity index is 0. The molecular weight excluding hydrogens is 144 g/mol. The van der Waals surface area contributed by atoms with Crippen LogP contribution in [-0.2, 0) is 4.79 Å². The van der Waals surface area contributed by atoms with Gasteiger partial charge in [-0.1, -0.05) is 0 Å². The Labute approximate surface area is 65.0 Å². The molecule has 0 spiro atoms. The van der Waals surface area contributed by atoms with Crippen LogP contribution in [0, 0.1) is 28.1 Å². The van der Waals surface area contributed by atoms with Crippen molar-refractivity contribution < 1.29 is 9.90 Å². The molecule has 1 N–H and O–H groups in total. The molecule has 0 aromatic rings. The first-order chi connectivity index (χ1) is 5.06. The van der Waals surface area contributed by atoms with Crippen LogP contribution >= 0.6 is 0 Å². The highest BCUT2D eigenvalue weighted by molar-refractivity contribution is 5.80. The van der Waals surface area contributed by atoms with Crippen molar-refractivity contribution in [2.75, 3.05) is 0 Å². The highest BCUT2D eigenvalue weighted by Gasteiger charge is 2.32. The summed E-state index contributed by atoms with van der Waals surface area (Å²) in [6.07, 6.45) is 0. The van der Waals surface area contributed by atoms with Crippen molar-refractivity contribution in [1.82, 2.24) is 0 Å². The lowest BCUT2D eigenvalue weighted by atomic mass is 9.96. The minimum atomic E-state index is -1.89. The zero-order valence-electron chi connectivity index (χ0n) is 6.16. The average Bonchev–Trinajstić information content (AvgIpc) is 2.06.